The number of aryl methyl sites for hydroxylation is 1. The van der Waals surface area contributed by atoms with E-state index in [1.54, 1.807) is 7.11 Å². The number of nitrogens with one attached hydrogen (secondary N) is 2. The fourth-order valence-corrected chi connectivity index (χ4v) is 3.76. The van der Waals surface area contributed by atoms with Gasteiger partial charge in [0.1, 0.15) is 5.75 Å². The normalized spacial score (nSPS) is 18.6. The third kappa shape index (κ3) is 5.98. The molecule has 1 saturated heterocycles. The van der Waals surface area contributed by atoms with E-state index in [1.807, 2.05) is 11.8 Å². The number of guanidine groups is 1. The van der Waals surface area contributed by atoms with Gasteiger partial charge < -0.3 is 15.4 Å². The van der Waals surface area contributed by atoms with Crippen LogP contribution in [-0.4, -0.2) is 43.7 Å². The van der Waals surface area contributed by atoms with E-state index in [2.05, 4.69) is 42.7 Å². The van der Waals surface area contributed by atoms with Crippen LogP contribution in [0.25, 0.3) is 0 Å². The molecular formula is C18H29N3OS. The number of methoxy groups -OCH3 is 1. The summed E-state index contributed by atoms with van der Waals surface area (Å²) in [5.41, 5.74) is 2.44. The highest BCUT2D eigenvalue weighted by Gasteiger charge is 2.14. The highest BCUT2D eigenvalue weighted by molar-refractivity contribution is 7.99. The molecule has 0 spiro atoms. The second-order valence-electron chi connectivity index (χ2n) is 5.87. The molecule has 2 N–H and O–H groups in total. The first-order valence-electron chi connectivity index (χ1n) is 8.49. The number of rotatable bonds is 6. The van der Waals surface area contributed by atoms with Crippen molar-refractivity contribution >= 4 is 17.7 Å². The number of hydrogen-bond donors (Lipinski definition) is 2. The standard InChI is InChI=1S/C18H29N3OS/c1-4-19-18(21-16-6-5-11-23-13-16)20-10-9-15-8-7-14(2)17(12-15)22-3/h7-8,12,16H,4-6,9-11,13H2,1-3H3,(H2,19,20,21). The molecule has 5 heteroatoms. The van der Waals surface area contributed by atoms with Crippen LogP contribution in [0.15, 0.2) is 23.2 Å². The smallest absolute Gasteiger partial charge is 0.191 e. The van der Waals surface area contributed by atoms with Crippen LogP contribution < -0.4 is 15.4 Å². The van der Waals surface area contributed by atoms with E-state index in [9.17, 15) is 0 Å². The molecule has 1 aromatic carbocycles. The van der Waals surface area contributed by atoms with E-state index in [0.717, 1.165) is 31.2 Å². The Kier molecular flexibility index (Phi) is 7.59. The Morgan fingerprint density at radius 2 is 2.30 bits per heavy atom. The lowest BCUT2D eigenvalue weighted by Gasteiger charge is -2.24. The van der Waals surface area contributed by atoms with Gasteiger partial charge in [-0.3, -0.25) is 4.99 Å². The van der Waals surface area contributed by atoms with Gasteiger partial charge >= 0.3 is 0 Å². The molecule has 1 aromatic rings. The molecule has 128 valence electrons. The minimum atomic E-state index is 0.547. The number of benzene rings is 1. The molecule has 0 amide bonds. The Morgan fingerprint density at radius 3 is 3.00 bits per heavy atom. The predicted octanol–water partition coefficient (Wildman–Crippen LogP) is 3.00. The lowest BCUT2D eigenvalue weighted by molar-refractivity contribution is 0.411. The topological polar surface area (TPSA) is 45.7 Å². The summed E-state index contributed by atoms with van der Waals surface area (Å²) in [7, 11) is 1.72. The van der Waals surface area contributed by atoms with Gasteiger partial charge in [0, 0.05) is 24.9 Å². The summed E-state index contributed by atoms with van der Waals surface area (Å²) in [6.07, 6.45) is 3.46. The van der Waals surface area contributed by atoms with Crippen molar-refractivity contribution in [2.75, 3.05) is 31.7 Å². The highest BCUT2D eigenvalue weighted by atomic mass is 32.2. The Balaban J connectivity index is 1.89. The van der Waals surface area contributed by atoms with Crippen LogP contribution in [-0.2, 0) is 6.42 Å². The average molecular weight is 336 g/mol. The van der Waals surface area contributed by atoms with Crippen LogP contribution in [0.2, 0.25) is 0 Å². The molecule has 1 aliphatic heterocycles. The monoisotopic (exact) mass is 335 g/mol. The van der Waals surface area contributed by atoms with E-state index in [-0.39, 0.29) is 0 Å². The first kappa shape index (κ1) is 18.0. The molecule has 0 saturated carbocycles. The molecule has 1 unspecified atom stereocenters. The number of thioether (sulfide) groups is 1. The first-order chi connectivity index (χ1) is 11.2. The van der Waals surface area contributed by atoms with Crippen molar-refractivity contribution in [2.24, 2.45) is 4.99 Å². The summed E-state index contributed by atoms with van der Waals surface area (Å²) >= 11 is 2.03. The zero-order valence-corrected chi connectivity index (χ0v) is 15.3. The lowest BCUT2D eigenvalue weighted by Crippen LogP contribution is -2.45. The quantitative estimate of drug-likeness (QED) is 0.620. The van der Waals surface area contributed by atoms with Gasteiger partial charge in [-0.1, -0.05) is 12.1 Å². The van der Waals surface area contributed by atoms with E-state index in [0.29, 0.717) is 6.04 Å². The molecule has 0 aliphatic carbocycles. The van der Waals surface area contributed by atoms with Crippen molar-refractivity contribution in [3.05, 3.63) is 29.3 Å². The molecule has 1 atom stereocenters. The van der Waals surface area contributed by atoms with Gasteiger partial charge in [-0.15, -0.1) is 0 Å². The SMILES string of the molecule is CCNC(=NCCc1ccc(C)c(OC)c1)NC1CCCSC1. The molecule has 1 heterocycles. The number of aliphatic imine (C=N–C) groups is 1. The predicted molar refractivity (Wildman–Crippen MR) is 101 cm³/mol. The zero-order chi connectivity index (χ0) is 16.5. The summed E-state index contributed by atoms with van der Waals surface area (Å²) in [4.78, 5) is 4.73. The molecule has 1 aliphatic rings. The summed E-state index contributed by atoms with van der Waals surface area (Å²) in [5, 5.41) is 6.92. The number of hydrogen-bond acceptors (Lipinski definition) is 3. The van der Waals surface area contributed by atoms with Gasteiger partial charge in [0.2, 0.25) is 0 Å². The molecule has 4 nitrogen and oxygen atoms in total. The van der Waals surface area contributed by atoms with E-state index >= 15 is 0 Å². The van der Waals surface area contributed by atoms with E-state index < -0.39 is 0 Å². The highest BCUT2D eigenvalue weighted by Crippen LogP contribution is 2.19. The van der Waals surface area contributed by atoms with Crippen molar-refractivity contribution in [2.45, 2.75) is 39.2 Å². The second-order valence-corrected chi connectivity index (χ2v) is 7.02. The third-order valence-electron chi connectivity index (χ3n) is 3.99. The number of ether oxygens (including phenoxy) is 1. The Bertz CT molecular complexity index is 513. The Morgan fingerprint density at radius 1 is 1.43 bits per heavy atom. The summed E-state index contributed by atoms with van der Waals surface area (Å²) in [5.74, 6) is 4.37. The average Bonchev–Trinajstić information content (AvgIpc) is 2.57. The molecule has 2 rings (SSSR count). The fraction of sp³-hybridized carbons (Fsp3) is 0.611. The van der Waals surface area contributed by atoms with Crippen LogP contribution in [0, 0.1) is 6.92 Å². The fourth-order valence-electron chi connectivity index (χ4n) is 2.68. The lowest BCUT2D eigenvalue weighted by atomic mass is 10.1. The summed E-state index contributed by atoms with van der Waals surface area (Å²) in [6.45, 7) is 5.85. The summed E-state index contributed by atoms with van der Waals surface area (Å²) < 4.78 is 5.39. The third-order valence-corrected chi connectivity index (χ3v) is 5.20. The van der Waals surface area contributed by atoms with Crippen molar-refractivity contribution in [1.29, 1.82) is 0 Å². The van der Waals surface area contributed by atoms with Gasteiger partial charge in [0.05, 0.1) is 7.11 Å². The van der Waals surface area contributed by atoms with Gasteiger partial charge in [0.15, 0.2) is 5.96 Å². The molecular weight excluding hydrogens is 306 g/mol. The van der Waals surface area contributed by atoms with Crippen molar-refractivity contribution < 1.29 is 4.74 Å². The summed E-state index contributed by atoms with van der Waals surface area (Å²) in [6, 6.07) is 6.93. The molecule has 0 bridgehead atoms. The van der Waals surface area contributed by atoms with Crippen LogP contribution >= 0.6 is 11.8 Å². The molecule has 1 fully saturated rings. The zero-order valence-electron chi connectivity index (χ0n) is 14.5. The molecule has 0 radical (unpaired) electrons. The maximum absolute atomic E-state index is 5.39. The van der Waals surface area contributed by atoms with Gasteiger partial charge in [-0.2, -0.15) is 11.8 Å². The van der Waals surface area contributed by atoms with Gasteiger partial charge in [-0.25, -0.2) is 0 Å². The Hall–Kier alpha value is -1.36. The number of nitrogens with zero attached hydrogens (tertiary/aromatic N) is 1. The second kappa shape index (κ2) is 9.71. The van der Waals surface area contributed by atoms with Crippen LogP contribution in [0.5, 0.6) is 5.75 Å². The largest absolute Gasteiger partial charge is 0.496 e. The van der Waals surface area contributed by atoms with Crippen LogP contribution in [0.4, 0.5) is 0 Å². The van der Waals surface area contributed by atoms with Crippen LogP contribution in [0.1, 0.15) is 30.9 Å². The van der Waals surface area contributed by atoms with Gasteiger partial charge in [-0.05, 0) is 56.1 Å². The van der Waals surface area contributed by atoms with Crippen molar-refractivity contribution in [1.82, 2.24) is 10.6 Å². The van der Waals surface area contributed by atoms with Crippen LogP contribution in [0.3, 0.4) is 0 Å². The molecule has 0 aromatic heterocycles. The van der Waals surface area contributed by atoms with Gasteiger partial charge in [0.25, 0.3) is 0 Å². The van der Waals surface area contributed by atoms with Crippen molar-refractivity contribution in [3.8, 4) is 5.75 Å². The van der Waals surface area contributed by atoms with E-state index in [4.69, 9.17) is 9.73 Å². The Labute approximate surface area is 144 Å². The van der Waals surface area contributed by atoms with E-state index in [1.165, 1.54) is 35.5 Å². The maximum Gasteiger partial charge on any atom is 0.191 e. The minimum absolute atomic E-state index is 0.547. The van der Waals surface area contributed by atoms with Crippen molar-refractivity contribution in [3.63, 3.8) is 0 Å². The molecule has 23 heavy (non-hydrogen) atoms. The maximum atomic E-state index is 5.39. The first-order valence-corrected chi connectivity index (χ1v) is 9.64. The minimum Gasteiger partial charge on any atom is -0.496 e.